The van der Waals surface area contributed by atoms with E-state index in [1.807, 2.05) is 0 Å². The van der Waals surface area contributed by atoms with Gasteiger partial charge in [0, 0.05) is 11.6 Å². The number of imide groups is 1. The third-order valence-electron chi connectivity index (χ3n) is 6.99. The van der Waals surface area contributed by atoms with Crippen LogP contribution in [0.2, 0.25) is 5.02 Å². The topological polar surface area (TPSA) is 106 Å². The van der Waals surface area contributed by atoms with E-state index in [-0.39, 0.29) is 46.2 Å². The number of hydrogen-bond acceptors (Lipinski definition) is 6. The Hall–Kier alpha value is -3.26. The number of allylic oxidation sites excluding steroid dienone is 2. The van der Waals surface area contributed by atoms with Gasteiger partial charge in [-0.25, -0.2) is 0 Å². The van der Waals surface area contributed by atoms with Crippen molar-refractivity contribution in [2.45, 2.75) is 6.42 Å². The molecule has 0 spiro atoms. The van der Waals surface area contributed by atoms with Crippen LogP contribution in [-0.2, 0) is 9.59 Å². The predicted octanol–water partition coefficient (Wildman–Crippen LogP) is 3.90. The van der Waals surface area contributed by atoms with Crippen molar-refractivity contribution in [3.05, 3.63) is 63.4 Å². The summed E-state index contributed by atoms with van der Waals surface area (Å²) in [6, 6.07) is 7.63. The molecule has 3 fully saturated rings. The normalized spacial score (nSPS) is 32.6. The van der Waals surface area contributed by atoms with Gasteiger partial charge in [-0.3, -0.25) is 19.7 Å². The minimum atomic E-state index is -0.562. The van der Waals surface area contributed by atoms with Crippen LogP contribution in [0.4, 0.5) is 5.69 Å². The molecule has 7 rings (SSSR count). The fraction of sp³-hybridized carbons (Fsp3) is 0.318. The van der Waals surface area contributed by atoms with Crippen molar-refractivity contribution in [1.29, 1.82) is 0 Å². The Morgan fingerprint density at radius 3 is 2.42 bits per heavy atom. The third kappa shape index (κ3) is 2.64. The Kier molecular flexibility index (Phi) is 3.80. The highest BCUT2D eigenvalue weighted by Gasteiger charge is 2.67. The summed E-state index contributed by atoms with van der Waals surface area (Å²) in [6.07, 6.45) is 6.67. The van der Waals surface area contributed by atoms with Crippen molar-refractivity contribution in [2.24, 2.45) is 40.6 Å². The summed E-state index contributed by atoms with van der Waals surface area (Å²) in [6.45, 7) is 0. The Bertz CT molecular complexity index is 1180. The summed E-state index contributed by atoms with van der Waals surface area (Å²) in [5.41, 5.74) is 0.264. The van der Waals surface area contributed by atoms with Crippen LogP contribution in [-0.4, -0.2) is 28.0 Å². The first-order valence-electron chi connectivity index (χ1n) is 10.1. The van der Waals surface area contributed by atoms with Gasteiger partial charge >= 0.3 is 0 Å². The quantitative estimate of drug-likeness (QED) is 0.237. The average molecular weight is 438 g/mol. The van der Waals surface area contributed by atoms with E-state index in [9.17, 15) is 19.7 Å². The summed E-state index contributed by atoms with van der Waals surface area (Å²) in [4.78, 5) is 36.4. The van der Waals surface area contributed by atoms with Crippen molar-refractivity contribution < 1.29 is 18.9 Å². The Morgan fingerprint density at radius 2 is 1.77 bits per heavy atom. The van der Waals surface area contributed by atoms with E-state index in [1.54, 1.807) is 18.2 Å². The smallest absolute Gasteiger partial charge is 0.288 e. The van der Waals surface area contributed by atoms with Crippen LogP contribution < -0.4 is 0 Å². The van der Waals surface area contributed by atoms with Gasteiger partial charge in [0.25, 0.3) is 17.5 Å². The lowest BCUT2D eigenvalue weighted by Gasteiger charge is -2.37. The molecule has 2 heterocycles. The van der Waals surface area contributed by atoms with Crippen LogP contribution in [0, 0.1) is 45.6 Å². The van der Waals surface area contributed by atoms with Crippen molar-refractivity contribution >= 4 is 35.3 Å². The molecule has 156 valence electrons. The predicted molar refractivity (Wildman–Crippen MR) is 110 cm³/mol. The van der Waals surface area contributed by atoms with Crippen LogP contribution in [0.5, 0.6) is 0 Å². The molecule has 1 aliphatic heterocycles. The molecule has 1 aromatic heterocycles. The van der Waals surface area contributed by atoms with Gasteiger partial charge in [0.1, 0.15) is 16.5 Å². The number of nitrogens with zero attached hydrogens (tertiary/aromatic N) is 3. The SMILES string of the molecule is O=C1[C@@H]2[C@@H]3C=C[C@H]([C@H]4C[C@H]34)[C@@H]2C(=O)N1/N=C\c1ccc(-c2ccc(Cl)c([N+](=O)[O-])c2)o1. The lowest BCUT2D eigenvalue weighted by atomic mass is 9.63. The number of rotatable bonds is 4. The molecule has 4 aliphatic carbocycles. The molecule has 31 heavy (non-hydrogen) atoms. The van der Waals surface area contributed by atoms with Crippen LogP contribution in [0.25, 0.3) is 11.3 Å². The Labute approximate surface area is 181 Å². The molecule has 5 aliphatic rings. The number of hydrazone groups is 1. The molecular weight excluding hydrogens is 422 g/mol. The van der Waals surface area contributed by atoms with E-state index in [2.05, 4.69) is 17.3 Å². The van der Waals surface area contributed by atoms with Crippen molar-refractivity contribution in [3.63, 3.8) is 0 Å². The van der Waals surface area contributed by atoms with Crippen LogP contribution in [0.15, 0.2) is 52.0 Å². The summed E-state index contributed by atoms with van der Waals surface area (Å²) < 4.78 is 5.70. The largest absolute Gasteiger partial charge is 0.455 e. The average Bonchev–Trinajstić information content (AvgIpc) is 3.39. The third-order valence-corrected chi connectivity index (χ3v) is 7.31. The zero-order valence-corrected chi connectivity index (χ0v) is 16.8. The molecule has 2 aromatic rings. The number of furan rings is 1. The first-order chi connectivity index (χ1) is 14.9. The Morgan fingerprint density at radius 1 is 1.10 bits per heavy atom. The van der Waals surface area contributed by atoms with Gasteiger partial charge in [0.15, 0.2) is 0 Å². The molecule has 1 aromatic carbocycles. The second-order valence-corrected chi connectivity index (χ2v) is 8.92. The second kappa shape index (κ2) is 6.37. The highest BCUT2D eigenvalue weighted by atomic mass is 35.5. The number of halogens is 1. The summed E-state index contributed by atoms with van der Waals surface area (Å²) in [5, 5.41) is 16.3. The van der Waals surface area contributed by atoms with Gasteiger partial charge in [-0.2, -0.15) is 10.1 Å². The molecule has 2 saturated carbocycles. The number of carbonyl (C=O) groups excluding carboxylic acids is 2. The van der Waals surface area contributed by atoms with Crippen LogP contribution in [0.3, 0.4) is 0 Å². The fourth-order valence-electron chi connectivity index (χ4n) is 5.55. The molecular formula is C22H16ClN3O5. The molecule has 9 heteroatoms. The highest BCUT2D eigenvalue weighted by Crippen LogP contribution is 2.65. The maximum absolute atomic E-state index is 12.9. The van der Waals surface area contributed by atoms with E-state index < -0.39 is 4.92 Å². The van der Waals surface area contributed by atoms with Crippen molar-refractivity contribution in [1.82, 2.24) is 5.01 Å². The Balaban J connectivity index is 1.24. The van der Waals surface area contributed by atoms with Crippen molar-refractivity contribution in [2.75, 3.05) is 0 Å². The van der Waals surface area contributed by atoms with E-state index in [0.29, 0.717) is 28.9 Å². The maximum Gasteiger partial charge on any atom is 0.288 e. The number of hydrogen-bond donors (Lipinski definition) is 0. The molecule has 2 amide bonds. The lowest BCUT2D eigenvalue weighted by Crippen LogP contribution is -2.40. The number of nitro benzene ring substituents is 1. The van der Waals surface area contributed by atoms with E-state index in [1.165, 1.54) is 18.3 Å². The molecule has 0 unspecified atom stereocenters. The van der Waals surface area contributed by atoms with Gasteiger partial charge in [-0.15, -0.1) is 0 Å². The highest BCUT2D eigenvalue weighted by molar-refractivity contribution is 6.32. The zero-order valence-electron chi connectivity index (χ0n) is 16.1. The van der Waals surface area contributed by atoms with Gasteiger partial charge in [-0.1, -0.05) is 23.8 Å². The minimum absolute atomic E-state index is 0.0377. The first-order valence-corrected chi connectivity index (χ1v) is 10.5. The fourth-order valence-corrected chi connectivity index (χ4v) is 5.74. The van der Waals surface area contributed by atoms with Gasteiger partial charge in [-0.05, 0) is 54.4 Å². The lowest BCUT2D eigenvalue weighted by molar-refractivity contribution is -0.384. The molecule has 8 nitrogen and oxygen atoms in total. The minimum Gasteiger partial charge on any atom is -0.455 e. The van der Waals surface area contributed by atoms with Crippen LogP contribution >= 0.6 is 11.6 Å². The number of carbonyl (C=O) groups is 2. The number of amides is 2. The number of benzene rings is 1. The summed E-state index contributed by atoms with van der Waals surface area (Å²) in [5.74, 6) is 0.992. The van der Waals surface area contributed by atoms with E-state index >= 15 is 0 Å². The molecule has 2 bridgehead atoms. The van der Waals surface area contributed by atoms with E-state index in [0.717, 1.165) is 11.4 Å². The molecule has 0 radical (unpaired) electrons. The molecule has 1 saturated heterocycles. The maximum atomic E-state index is 12.9. The van der Waals surface area contributed by atoms with Gasteiger partial charge in [0.2, 0.25) is 0 Å². The second-order valence-electron chi connectivity index (χ2n) is 8.51. The van der Waals surface area contributed by atoms with Crippen molar-refractivity contribution in [3.8, 4) is 11.3 Å². The first kappa shape index (κ1) is 18.5. The monoisotopic (exact) mass is 437 g/mol. The standard InChI is InChI=1S/C22H16ClN3O5/c23-16-5-1-10(7-17(16)26(29)30)18-6-2-11(31-18)9-24-25-21(27)19-12-3-4-13(15-8-14(12)15)20(19)22(25)28/h1-7,9,12-15,19-20H,8H2/b24-9-/t12-,13-,14-,15-,19-,20+/m1/s1. The molecule has 0 N–H and O–H groups in total. The zero-order chi connectivity index (χ0) is 21.4. The number of nitro groups is 1. The van der Waals surface area contributed by atoms with Gasteiger partial charge < -0.3 is 4.42 Å². The molecule has 6 atom stereocenters. The van der Waals surface area contributed by atoms with Crippen LogP contribution in [0.1, 0.15) is 12.2 Å². The van der Waals surface area contributed by atoms with E-state index in [4.69, 9.17) is 16.0 Å². The van der Waals surface area contributed by atoms with Gasteiger partial charge in [0.05, 0.1) is 23.0 Å². The summed E-state index contributed by atoms with van der Waals surface area (Å²) >= 11 is 5.85. The summed E-state index contributed by atoms with van der Waals surface area (Å²) in [7, 11) is 0.